The van der Waals surface area contributed by atoms with Crippen molar-refractivity contribution in [3.63, 3.8) is 0 Å². The zero-order valence-electron chi connectivity index (χ0n) is 15.3. The molecule has 1 heterocycles. The summed E-state index contributed by atoms with van der Waals surface area (Å²) in [6.45, 7) is 0.467. The molecule has 6 nitrogen and oxygen atoms in total. The molecule has 0 saturated heterocycles. The monoisotopic (exact) mass is 406 g/mol. The number of halogens is 3. The van der Waals surface area contributed by atoms with Gasteiger partial charge in [0.15, 0.2) is 5.69 Å². The predicted molar refractivity (Wildman–Crippen MR) is 97.8 cm³/mol. The van der Waals surface area contributed by atoms with Crippen LogP contribution in [0.15, 0.2) is 59.2 Å². The van der Waals surface area contributed by atoms with Gasteiger partial charge in [-0.25, -0.2) is 4.98 Å². The van der Waals surface area contributed by atoms with E-state index < -0.39 is 17.6 Å². The van der Waals surface area contributed by atoms with Gasteiger partial charge >= 0.3 is 6.18 Å². The highest BCUT2D eigenvalue weighted by atomic mass is 19.4. The number of carbonyl (C=O) groups excluding carboxylic acids is 1. The zero-order valence-corrected chi connectivity index (χ0v) is 15.3. The van der Waals surface area contributed by atoms with E-state index in [0.717, 1.165) is 18.4 Å². The Bertz CT molecular complexity index is 951. The van der Waals surface area contributed by atoms with Gasteiger partial charge in [-0.1, -0.05) is 0 Å². The lowest BCUT2D eigenvalue weighted by Crippen LogP contribution is -2.28. The van der Waals surface area contributed by atoms with Gasteiger partial charge in [-0.2, -0.15) is 13.2 Å². The number of methoxy groups -OCH3 is 1. The summed E-state index contributed by atoms with van der Waals surface area (Å²) in [5.74, 6) is 0.912. The molecule has 2 aromatic carbocycles. The molecule has 3 aromatic rings. The first kappa shape index (κ1) is 20.2. The number of alkyl halides is 3. The lowest BCUT2D eigenvalue weighted by molar-refractivity contribution is -0.137. The smallest absolute Gasteiger partial charge is 0.416 e. The van der Waals surface area contributed by atoms with Crippen LogP contribution in [0.4, 0.5) is 13.2 Å². The van der Waals surface area contributed by atoms with Crippen molar-refractivity contribution in [2.24, 2.45) is 0 Å². The van der Waals surface area contributed by atoms with E-state index in [1.807, 2.05) is 0 Å². The van der Waals surface area contributed by atoms with Gasteiger partial charge in [0.2, 0.25) is 5.89 Å². The number of carbonyl (C=O) groups is 1. The van der Waals surface area contributed by atoms with Crippen molar-refractivity contribution in [1.82, 2.24) is 10.3 Å². The molecule has 0 aliphatic heterocycles. The maximum absolute atomic E-state index is 12.6. The maximum atomic E-state index is 12.6. The van der Waals surface area contributed by atoms with Crippen LogP contribution in [0.5, 0.6) is 11.5 Å². The summed E-state index contributed by atoms with van der Waals surface area (Å²) in [5.41, 5.74) is -0.424. The summed E-state index contributed by atoms with van der Waals surface area (Å²) < 4.78 is 53.6. The number of hydrogen-bond donors (Lipinski definition) is 1. The number of hydrogen-bond acceptors (Lipinski definition) is 5. The molecule has 0 spiro atoms. The second-order valence-electron chi connectivity index (χ2n) is 5.89. The average molecular weight is 406 g/mol. The first-order chi connectivity index (χ1) is 13.9. The number of aromatic nitrogens is 1. The Balaban J connectivity index is 1.51. The molecule has 0 atom stereocenters. The normalized spacial score (nSPS) is 11.2. The van der Waals surface area contributed by atoms with Crippen LogP contribution < -0.4 is 14.8 Å². The third-order valence-corrected chi connectivity index (χ3v) is 3.91. The van der Waals surface area contributed by atoms with Crippen molar-refractivity contribution in [3.05, 3.63) is 66.1 Å². The summed E-state index contributed by atoms with van der Waals surface area (Å²) in [5, 5.41) is 2.63. The predicted octanol–water partition coefficient (Wildman–Crippen LogP) is 4.18. The summed E-state index contributed by atoms with van der Waals surface area (Å²) >= 11 is 0. The second kappa shape index (κ2) is 8.68. The van der Waals surface area contributed by atoms with Crippen LogP contribution in [-0.4, -0.2) is 31.2 Å². The van der Waals surface area contributed by atoms with Gasteiger partial charge in [0, 0.05) is 5.56 Å². The van der Waals surface area contributed by atoms with Crippen LogP contribution in [0, 0.1) is 0 Å². The third kappa shape index (κ3) is 5.28. The van der Waals surface area contributed by atoms with Crippen molar-refractivity contribution in [2.75, 3.05) is 20.3 Å². The molecule has 3 rings (SSSR count). The molecule has 1 N–H and O–H groups in total. The topological polar surface area (TPSA) is 73.6 Å². The number of nitrogens with zero attached hydrogens (tertiary/aromatic N) is 1. The molecular formula is C20H17F3N2O4. The Morgan fingerprint density at radius 1 is 1.07 bits per heavy atom. The van der Waals surface area contributed by atoms with Gasteiger partial charge in [0.1, 0.15) is 24.4 Å². The zero-order chi connectivity index (χ0) is 20.9. The first-order valence-electron chi connectivity index (χ1n) is 8.55. The van der Waals surface area contributed by atoms with Gasteiger partial charge in [0.25, 0.3) is 5.91 Å². The Morgan fingerprint density at radius 3 is 2.34 bits per heavy atom. The minimum Gasteiger partial charge on any atom is -0.497 e. The molecule has 29 heavy (non-hydrogen) atoms. The van der Waals surface area contributed by atoms with Crippen LogP contribution in [-0.2, 0) is 6.18 Å². The average Bonchev–Trinajstić information content (AvgIpc) is 3.21. The SMILES string of the molecule is COc1ccc(OCCNC(=O)c2coc(-c3ccc(C(F)(F)F)cc3)n2)cc1. The molecule has 1 amide bonds. The molecule has 0 bridgehead atoms. The first-order valence-corrected chi connectivity index (χ1v) is 8.55. The molecule has 0 aliphatic rings. The third-order valence-electron chi connectivity index (χ3n) is 3.91. The number of ether oxygens (including phenoxy) is 2. The van der Waals surface area contributed by atoms with E-state index in [1.54, 1.807) is 31.4 Å². The summed E-state index contributed by atoms with van der Waals surface area (Å²) in [7, 11) is 1.57. The summed E-state index contributed by atoms with van der Waals surface area (Å²) in [6.07, 6.45) is -3.28. The number of oxazole rings is 1. The van der Waals surface area contributed by atoms with Crippen LogP contribution >= 0.6 is 0 Å². The minimum absolute atomic E-state index is 0.0179. The van der Waals surface area contributed by atoms with E-state index in [4.69, 9.17) is 13.9 Å². The largest absolute Gasteiger partial charge is 0.497 e. The lowest BCUT2D eigenvalue weighted by atomic mass is 10.1. The second-order valence-corrected chi connectivity index (χ2v) is 5.89. The van der Waals surface area contributed by atoms with Crippen LogP contribution in [0.1, 0.15) is 16.1 Å². The molecule has 9 heteroatoms. The molecule has 0 unspecified atom stereocenters. The fourth-order valence-electron chi connectivity index (χ4n) is 2.41. The molecular weight excluding hydrogens is 389 g/mol. The number of rotatable bonds is 7. The van der Waals surface area contributed by atoms with E-state index in [0.29, 0.717) is 17.1 Å². The number of nitrogens with one attached hydrogen (secondary N) is 1. The molecule has 0 aliphatic carbocycles. The maximum Gasteiger partial charge on any atom is 0.416 e. The lowest BCUT2D eigenvalue weighted by Gasteiger charge is -2.07. The highest BCUT2D eigenvalue weighted by Gasteiger charge is 2.30. The fourth-order valence-corrected chi connectivity index (χ4v) is 2.41. The molecule has 0 fully saturated rings. The Morgan fingerprint density at radius 2 is 1.72 bits per heavy atom. The Kier molecular flexibility index (Phi) is 6.06. The van der Waals surface area contributed by atoms with Crippen LogP contribution in [0.2, 0.25) is 0 Å². The molecule has 152 valence electrons. The molecule has 1 aromatic heterocycles. The van der Waals surface area contributed by atoms with Crippen molar-refractivity contribution in [3.8, 4) is 23.0 Å². The van der Waals surface area contributed by atoms with Gasteiger partial charge in [-0.15, -0.1) is 0 Å². The van der Waals surface area contributed by atoms with Gasteiger partial charge in [0.05, 0.1) is 19.2 Å². The quantitative estimate of drug-likeness (QED) is 0.596. The van der Waals surface area contributed by atoms with Gasteiger partial charge in [-0.05, 0) is 48.5 Å². The van der Waals surface area contributed by atoms with Crippen molar-refractivity contribution >= 4 is 5.91 Å². The minimum atomic E-state index is -4.42. The van der Waals surface area contributed by atoms with Gasteiger partial charge < -0.3 is 19.2 Å². The van der Waals surface area contributed by atoms with Crippen molar-refractivity contribution in [1.29, 1.82) is 0 Å². The van der Waals surface area contributed by atoms with Crippen LogP contribution in [0.25, 0.3) is 11.5 Å². The van der Waals surface area contributed by atoms with Gasteiger partial charge in [-0.3, -0.25) is 4.79 Å². The number of benzene rings is 2. The highest BCUT2D eigenvalue weighted by molar-refractivity contribution is 5.92. The van der Waals surface area contributed by atoms with E-state index in [2.05, 4.69) is 10.3 Å². The highest BCUT2D eigenvalue weighted by Crippen LogP contribution is 2.30. The fraction of sp³-hybridized carbons (Fsp3) is 0.200. The van der Waals surface area contributed by atoms with Crippen LogP contribution in [0.3, 0.4) is 0 Å². The van der Waals surface area contributed by atoms with E-state index in [-0.39, 0.29) is 24.7 Å². The van der Waals surface area contributed by atoms with E-state index in [9.17, 15) is 18.0 Å². The van der Waals surface area contributed by atoms with Crippen molar-refractivity contribution in [2.45, 2.75) is 6.18 Å². The Hall–Kier alpha value is -3.49. The number of amides is 1. The van der Waals surface area contributed by atoms with E-state index >= 15 is 0 Å². The summed E-state index contributed by atoms with van der Waals surface area (Å²) in [6, 6.07) is 11.3. The summed E-state index contributed by atoms with van der Waals surface area (Å²) in [4.78, 5) is 16.1. The molecule has 0 saturated carbocycles. The molecule has 0 radical (unpaired) electrons. The standard InChI is InChI=1S/C20H17F3N2O4/c1-27-15-6-8-16(9-7-15)28-11-10-24-18(26)17-12-29-19(25-17)13-2-4-14(5-3-13)20(21,22)23/h2-9,12H,10-11H2,1H3,(H,24,26). The van der Waals surface area contributed by atoms with E-state index in [1.165, 1.54) is 12.1 Å². The van der Waals surface area contributed by atoms with Crippen molar-refractivity contribution < 1.29 is 31.9 Å². The Labute approximate surface area is 164 Å².